The van der Waals surface area contributed by atoms with Crippen molar-refractivity contribution in [3.8, 4) is 11.4 Å². The molecule has 0 amide bonds. The largest absolute Gasteiger partial charge is 0.493 e. The molecule has 4 heterocycles. The molecule has 2 aliphatic rings. The first-order valence-electron chi connectivity index (χ1n) is 19.9. The number of rotatable bonds is 15. The van der Waals surface area contributed by atoms with Crippen LogP contribution in [0, 0.1) is 17.6 Å². The highest BCUT2D eigenvalue weighted by atomic mass is 19.1. The summed E-state index contributed by atoms with van der Waals surface area (Å²) in [7, 11) is 0. The van der Waals surface area contributed by atoms with Crippen molar-refractivity contribution in [2.75, 3.05) is 49.2 Å². The summed E-state index contributed by atoms with van der Waals surface area (Å²) in [5.41, 5.74) is 3.16. The van der Waals surface area contributed by atoms with Crippen LogP contribution in [0.2, 0.25) is 0 Å². The fourth-order valence-electron chi connectivity index (χ4n) is 8.14. The first-order valence-corrected chi connectivity index (χ1v) is 19.9. The fourth-order valence-corrected chi connectivity index (χ4v) is 8.14. The van der Waals surface area contributed by atoms with E-state index in [4.69, 9.17) is 14.2 Å². The van der Waals surface area contributed by atoms with E-state index in [2.05, 4.69) is 49.2 Å². The molecule has 0 bridgehead atoms. The van der Waals surface area contributed by atoms with Gasteiger partial charge in [-0.25, -0.2) is 32.5 Å². The van der Waals surface area contributed by atoms with Crippen LogP contribution in [0.5, 0.6) is 5.75 Å². The molecule has 6 aromatic rings. The lowest BCUT2D eigenvalue weighted by Gasteiger charge is -2.37. The van der Waals surface area contributed by atoms with Crippen LogP contribution in [0.25, 0.3) is 5.69 Å². The standard InChI is InChI=1S/C44H48F2N8O4/c1-3-42(32(2)56-25-33-7-5-4-6-8-33)54-43(55)53(31-49-54)38-12-10-36(11-13-38)50-19-21-51(22-20-50)37-14-16-39(17-15-37)57-26-34-24-44(58-27-34,28-52-30-47-29-48-52)40-18-9-35(45)23-41(40)46/h4-18,23,29-32,34,42H,3,19-22,24-28H2,1-2H3/t32-,34+,42+,44-/m1/s1. The van der Waals surface area contributed by atoms with Gasteiger partial charge < -0.3 is 24.0 Å². The van der Waals surface area contributed by atoms with E-state index >= 15 is 4.39 Å². The van der Waals surface area contributed by atoms with E-state index in [1.165, 1.54) is 18.5 Å². The number of piperazine rings is 1. The van der Waals surface area contributed by atoms with E-state index in [0.29, 0.717) is 38.2 Å². The monoisotopic (exact) mass is 790 g/mol. The zero-order valence-corrected chi connectivity index (χ0v) is 32.7. The van der Waals surface area contributed by atoms with Gasteiger partial charge in [-0.2, -0.15) is 10.2 Å². The van der Waals surface area contributed by atoms with Crippen LogP contribution >= 0.6 is 0 Å². The number of ether oxygens (including phenoxy) is 3. The Kier molecular flexibility index (Phi) is 11.6. The Bertz CT molecular complexity index is 2300. The van der Waals surface area contributed by atoms with E-state index in [1.54, 1.807) is 26.6 Å². The third kappa shape index (κ3) is 8.53. The molecular formula is C44H48F2N8O4. The fraction of sp³-hybridized carbons (Fsp3) is 0.364. The molecule has 0 aliphatic carbocycles. The quantitative estimate of drug-likeness (QED) is 0.111. The summed E-state index contributed by atoms with van der Waals surface area (Å²) in [5, 5.41) is 8.68. The Hall–Kier alpha value is -5.86. The topological polar surface area (TPSA) is 105 Å². The third-order valence-corrected chi connectivity index (χ3v) is 11.3. The van der Waals surface area contributed by atoms with Gasteiger partial charge in [-0.1, -0.05) is 43.3 Å². The Morgan fingerprint density at radius 3 is 2.21 bits per heavy atom. The predicted molar refractivity (Wildman–Crippen MR) is 216 cm³/mol. The van der Waals surface area contributed by atoms with Crippen LogP contribution < -0.4 is 20.2 Å². The second-order valence-electron chi connectivity index (χ2n) is 15.1. The summed E-state index contributed by atoms with van der Waals surface area (Å²) in [6, 6.07) is 29.6. The van der Waals surface area contributed by atoms with E-state index in [0.717, 1.165) is 60.6 Å². The number of benzene rings is 4. The first-order chi connectivity index (χ1) is 28.3. The molecule has 2 aromatic heterocycles. The van der Waals surface area contributed by atoms with Crippen LogP contribution in [-0.2, 0) is 28.2 Å². The van der Waals surface area contributed by atoms with Gasteiger partial charge in [0.1, 0.15) is 42.0 Å². The average molecular weight is 791 g/mol. The molecular weight excluding hydrogens is 743 g/mol. The summed E-state index contributed by atoms with van der Waals surface area (Å²) in [5.74, 6) is -0.555. The summed E-state index contributed by atoms with van der Waals surface area (Å²) < 4.78 is 52.1. The van der Waals surface area contributed by atoms with Gasteiger partial charge >= 0.3 is 5.69 Å². The van der Waals surface area contributed by atoms with Crippen molar-refractivity contribution < 1.29 is 23.0 Å². The molecule has 302 valence electrons. The third-order valence-electron chi connectivity index (χ3n) is 11.3. The summed E-state index contributed by atoms with van der Waals surface area (Å²) in [6.45, 7) is 8.91. The zero-order chi connectivity index (χ0) is 40.1. The van der Waals surface area contributed by atoms with E-state index in [-0.39, 0.29) is 30.3 Å². The normalized spacial score (nSPS) is 19.3. The molecule has 4 atom stereocenters. The number of aromatic nitrogens is 6. The zero-order valence-electron chi connectivity index (χ0n) is 32.7. The summed E-state index contributed by atoms with van der Waals surface area (Å²) in [4.78, 5) is 22.2. The van der Waals surface area contributed by atoms with Crippen LogP contribution in [0.15, 0.2) is 121 Å². The molecule has 0 N–H and O–H groups in total. The van der Waals surface area contributed by atoms with Crippen molar-refractivity contribution in [2.24, 2.45) is 5.92 Å². The van der Waals surface area contributed by atoms with Crippen molar-refractivity contribution in [2.45, 2.75) is 57.6 Å². The SMILES string of the molecule is CC[C@@H]([C@@H](C)OCc1ccccc1)n1ncn(-c2ccc(N3CCN(c4ccc(OC[C@H]5CO[C@](Cn6cncn6)(c6ccc(F)cc6F)C5)cc4)CC3)cc2)c1=O. The Balaban J connectivity index is 0.828. The van der Waals surface area contributed by atoms with Crippen molar-refractivity contribution in [1.29, 1.82) is 0 Å². The van der Waals surface area contributed by atoms with Gasteiger partial charge in [0.2, 0.25) is 0 Å². The molecule has 0 saturated carbocycles. The lowest BCUT2D eigenvalue weighted by atomic mass is 9.87. The lowest BCUT2D eigenvalue weighted by Crippen LogP contribution is -2.46. The smallest absolute Gasteiger partial charge is 0.350 e. The number of anilines is 2. The number of hydrogen-bond donors (Lipinski definition) is 0. The van der Waals surface area contributed by atoms with Gasteiger partial charge in [0, 0.05) is 55.1 Å². The maximum absolute atomic E-state index is 15.0. The highest BCUT2D eigenvalue weighted by molar-refractivity contribution is 5.54. The Morgan fingerprint density at radius 1 is 0.862 bits per heavy atom. The second kappa shape index (κ2) is 17.3. The molecule has 12 nitrogen and oxygen atoms in total. The molecule has 8 rings (SSSR count). The molecule has 2 fully saturated rings. The summed E-state index contributed by atoms with van der Waals surface area (Å²) in [6.07, 6.45) is 5.57. The van der Waals surface area contributed by atoms with Crippen LogP contribution in [0.4, 0.5) is 20.2 Å². The van der Waals surface area contributed by atoms with E-state index < -0.39 is 17.2 Å². The van der Waals surface area contributed by atoms with Crippen molar-refractivity contribution in [1.82, 2.24) is 29.1 Å². The highest BCUT2D eigenvalue weighted by Crippen LogP contribution is 2.42. The molecule has 2 saturated heterocycles. The Labute approximate surface area is 336 Å². The summed E-state index contributed by atoms with van der Waals surface area (Å²) >= 11 is 0. The van der Waals surface area contributed by atoms with Gasteiger partial charge in [0.05, 0.1) is 44.2 Å². The maximum Gasteiger partial charge on any atom is 0.350 e. The van der Waals surface area contributed by atoms with Crippen LogP contribution in [0.3, 0.4) is 0 Å². The minimum Gasteiger partial charge on any atom is -0.493 e. The predicted octanol–water partition coefficient (Wildman–Crippen LogP) is 6.80. The van der Waals surface area contributed by atoms with Crippen LogP contribution in [0.1, 0.15) is 43.9 Å². The first kappa shape index (κ1) is 39.0. The van der Waals surface area contributed by atoms with E-state index in [1.807, 2.05) is 68.4 Å². The molecule has 0 spiro atoms. The minimum atomic E-state index is -1.02. The molecule has 14 heteroatoms. The van der Waals surface area contributed by atoms with E-state index in [9.17, 15) is 9.18 Å². The molecule has 58 heavy (non-hydrogen) atoms. The van der Waals surface area contributed by atoms with Gasteiger partial charge in [0.25, 0.3) is 0 Å². The molecule has 4 aromatic carbocycles. The van der Waals surface area contributed by atoms with Crippen molar-refractivity contribution >= 4 is 11.4 Å². The minimum absolute atomic E-state index is 0.0128. The number of halogens is 2. The van der Waals surface area contributed by atoms with Crippen molar-refractivity contribution in [3.05, 3.63) is 149 Å². The lowest BCUT2D eigenvalue weighted by molar-refractivity contribution is -0.0206. The van der Waals surface area contributed by atoms with Gasteiger partial charge in [-0.05, 0) is 79.9 Å². The highest BCUT2D eigenvalue weighted by Gasteiger charge is 2.44. The van der Waals surface area contributed by atoms with Crippen molar-refractivity contribution in [3.63, 3.8) is 0 Å². The Morgan fingerprint density at radius 2 is 1.55 bits per heavy atom. The van der Waals surface area contributed by atoms with Crippen LogP contribution in [-0.4, -0.2) is 74.6 Å². The van der Waals surface area contributed by atoms with Gasteiger partial charge in [0.15, 0.2) is 0 Å². The number of nitrogens with zero attached hydrogens (tertiary/aromatic N) is 8. The molecule has 0 radical (unpaired) electrons. The molecule has 2 aliphatic heterocycles. The van der Waals surface area contributed by atoms with Gasteiger partial charge in [-0.15, -0.1) is 0 Å². The average Bonchev–Trinajstić information content (AvgIpc) is 4.02. The second-order valence-corrected chi connectivity index (χ2v) is 15.1. The molecule has 0 unspecified atom stereocenters. The maximum atomic E-state index is 15.0. The number of hydrogen-bond acceptors (Lipinski definition) is 9. The van der Waals surface area contributed by atoms with Gasteiger partial charge in [-0.3, -0.25) is 0 Å².